The van der Waals surface area contributed by atoms with E-state index in [1.54, 1.807) is 0 Å². The van der Waals surface area contributed by atoms with Gasteiger partial charge in [0, 0.05) is 18.4 Å². The van der Waals surface area contributed by atoms with Crippen LogP contribution in [0.4, 0.5) is 0 Å². The maximum atomic E-state index is 11.4. The first-order valence-electron chi connectivity index (χ1n) is 25.8. The largest absolute Gasteiger partial charge is 1.00 e. The van der Waals surface area contributed by atoms with Crippen molar-refractivity contribution < 1.29 is 93.6 Å². The second-order valence-corrected chi connectivity index (χ2v) is 17.3. The van der Waals surface area contributed by atoms with Gasteiger partial charge in [-0.1, -0.05) is 212 Å². The van der Waals surface area contributed by atoms with Crippen molar-refractivity contribution in [2.75, 3.05) is 0 Å². The van der Waals surface area contributed by atoms with Crippen molar-refractivity contribution in [1.29, 1.82) is 0 Å². The van der Waals surface area contributed by atoms with Crippen LogP contribution in [0.3, 0.4) is 0 Å². The summed E-state index contributed by atoms with van der Waals surface area (Å²) in [5.74, 6) is -2.96. The minimum absolute atomic E-state index is 0. The Morgan fingerprint density at radius 2 is 0.619 bits per heavy atom. The first-order chi connectivity index (χ1) is 29.6. The normalized spacial score (nSPS) is 11.2. The van der Waals surface area contributed by atoms with Gasteiger partial charge in [0.2, 0.25) is 5.91 Å². The quantitative estimate of drug-likeness (QED) is 0.0360. The summed E-state index contributed by atoms with van der Waals surface area (Å²) in [7, 11) is 0. The summed E-state index contributed by atoms with van der Waals surface area (Å²) in [6.07, 6.45) is 56.0. The maximum absolute atomic E-state index is 11.4. The smallest absolute Gasteiger partial charge is 0.550 e. The molecule has 0 saturated heterocycles. The van der Waals surface area contributed by atoms with Crippen molar-refractivity contribution in [1.82, 2.24) is 5.32 Å². The van der Waals surface area contributed by atoms with E-state index in [1.807, 2.05) is 0 Å². The van der Waals surface area contributed by atoms with Crippen molar-refractivity contribution in [2.45, 2.75) is 291 Å². The molecule has 0 aliphatic carbocycles. The van der Waals surface area contributed by atoms with Crippen LogP contribution in [0.25, 0.3) is 0 Å². The number of hydrogen-bond donors (Lipinski definition) is 2. The summed E-state index contributed by atoms with van der Waals surface area (Å²) in [5.41, 5.74) is 0. The molecule has 10 heteroatoms. The Hall–Kier alpha value is -0.640. The number of carboxylic acids is 3. The monoisotopic (exact) mass is 908 g/mol. The molecule has 2 N–H and O–H groups in total. The van der Waals surface area contributed by atoms with Crippen molar-refractivity contribution in [2.24, 2.45) is 0 Å². The second kappa shape index (κ2) is 63.4. The van der Waals surface area contributed by atoms with Gasteiger partial charge >= 0.3 is 65.1 Å². The molecule has 0 aromatic carbocycles. The number of allylic oxidation sites excluding steroid dienone is 4. The third-order valence-corrected chi connectivity index (χ3v) is 11.0. The third kappa shape index (κ3) is 73.2. The van der Waals surface area contributed by atoms with Crippen LogP contribution in [0.5, 0.6) is 0 Å². The fraction of sp³-hybridized carbons (Fsp3) is 0.849. The van der Waals surface area contributed by atoms with Gasteiger partial charge in [0.1, 0.15) is 6.04 Å². The van der Waals surface area contributed by atoms with E-state index in [0.717, 1.165) is 51.4 Å². The van der Waals surface area contributed by atoms with Crippen molar-refractivity contribution >= 4 is 23.8 Å². The van der Waals surface area contributed by atoms with Gasteiger partial charge < -0.3 is 30.2 Å². The van der Waals surface area contributed by atoms with Gasteiger partial charge in [-0.15, -0.1) is 0 Å². The van der Waals surface area contributed by atoms with E-state index >= 15 is 0 Å². The number of aliphatic carboxylic acids is 3. The fourth-order valence-electron chi connectivity index (χ4n) is 7.01. The number of unbranched alkanes of at least 4 members (excludes halogenated alkanes) is 32. The Morgan fingerprint density at radius 3 is 0.857 bits per heavy atom. The predicted molar refractivity (Wildman–Crippen MR) is 255 cm³/mol. The van der Waals surface area contributed by atoms with Crippen LogP contribution in [0.1, 0.15) is 285 Å². The number of carbonyl (C=O) groups excluding carboxylic acids is 3. The molecule has 0 aliphatic rings. The number of carbonyl (C=O) groups is 4. The number of amides is 1. The average Bonchev–Trinajstić information content (AvgIpc) is 3.23. The van der Waals surface area contributed by atoms with E-state index in [4.69, 9.17) is 5.11 Å². The van der Waals surface area contributed by atoms with Gasteiger partial charge in [0.25, 0.3) is 0 Å². The minimum atomic E-state index is -0.984. The molecule has 0 spiro atoms. The summed E-state index contributed by atoms with van der Waals surface area (Å²) in [6, 6.07) is -0.787. The Kier molecular flexibility index (Phi) is 71.9. The van der Waals surface area contributed by atoms with Crippen molar-refractivity contribution in [3.63, 3.8) is 0 Å². The van der Waals surface area contributed by atoms with E-state index in [2.05, 4.69) is 50.4 Å². The van der Waals surface area contributed by atoms with Gasteiger partial charge in [-0.3, -0.25) is 9.59 Å². The van der Waals surface area contributed by atoms with Gasteiger partial charge in [0.05, 0.1) is 0 Å². The van der Waals surface area contributed by atoms with Crippen LogP contribution in [-0.4, -0.2) is 35.0 Å². The van der Waals surface area contributed by atoms with Crippen LogP contribution in [0.2, 0.25) is 0 Å². The Balaban J connectivity index is -0.000000263. The molecule has 0 bridgehead atoms. The SMILES string of the molecule is CCCCCCCC/C=C\CCCCCCCC(=O)[O-].CCCCCCCC/C=C\CCCCCCCC(=O)[O-].CCCCCCCCCCCCCC(=O)NC(C)C(=O)O.[Na+].[Na+]. The molecule has 1 amide bonds. The standard InChI is InChI=1S/2C18H34O2.C17H33NO3.2Na/c2*1-2-3-4-5-6-7-8-9-10-11-12-13-14-15-16-17-18(19)20;1-3-4-5-6-7-8-9-10-11-12-13-14-16(19)18-15(2)17(20)21;;/h2*9-10H,2-8,11-17H2,1H3,(H,19,20);15H,3-14H2,1-2H3,(H,18,19)(H,20,21);;/q;;;2*+1/p-2/b2*10-9-;;;. The van der Waals surface area contributed by atoms with E-state index in [1.165, 1.54) is 193 Å². The molecule has 0 rings (SSSR count). The zero-order valence-corrected chi connectivity index (χ0v) is 46.6. The number of hydrogen-bond acceptors (Lipinski definition) is 6. The molecule has 0 aromatic rings. The zero-order valence-electron chi connectivity index (χ0n) is 42.6. The van der Waals surface area contributed by atoms with Crippen LogP contribution in [-0.2, 0) is 19.2 Å². The first kappa shape index (κ1) is 71.4. The average molecular weight is 908 g/mol. The summed E-state index contributed by atoms with van der Waals surface area (Å²) in [4.78, 5) is 42.4. The molecule has 0 radical (unpaired) electrons. The summed E-state index contributed by atoms with van der Waals surface area (Å²) in [6.45, 7) is 8.24. The van der Waals surface area contributed by atoms with Crippen molar-refractivity contribution in [3.8, 4) is 0 Å². The van der Waals surface area contributed by atoms with E-state index in [9.17, 15) is 29.4 Å². The number of nitrogens with one attached hydrogen (secondary N) is 1. The molecule has 0 heterocycles. The predicted octanol–water partition coefficient (Wildman–Crippen LogP) is 7.83. The fourth-order valence-corrected chi connectivity index (χ4v) is 7.01. The molecule has 63 heavy (non-hydrogen) atoms. The molecule has 0 saturated carbocycles. The van der Waals surface area contributed by atoms with Crippen LogP contribution >= 0.6 is 0 Å². The Labute approximate surface area is 434 Å². The van der Waals surface area contributed by atoms with E-state index in [0.29, 0.717) is 6.42 Å². The Morgan fingerprint density at radius 1 is 0.397 bits per heavy atom. The number of rotatable bonds is 44. The van der Waals surface area contributed by atoms with E-state index in [-0.39, 0.29) is 77.9 Å². The maximum Gasteiger partial charge on any atom is 1.00 e. The molecule has 8 nitrogen and oxygen atoms in total. The third-order valence-electron chi connectivity index (χ3n) is 11.0. The first-order valence-corrected chi connectivity index (χ1v) is 25.8. The zero-order chi connectivity index (χ0) is 45.7. The van der Waals surface area contributed by atoms with Gasteiger partial charge in [-0.05, 0) is 90.4 Å². The van der Waals surface area contributed by atoms with Crippen molar-refractivity contribution in [3.05, 3.63) is 24.3 Å². The topological polar surface area (TPSA) is 147 Å². The molecule has 360 valence electrons. The minimum Gasteiger partial charge on any atom is -0.550 e. The van der Waals surface area contributed by atoms with E-state index < -0.39 is 23.9 Å². The van der Waals surface area contributed by atoms with Crippen LogP contribution in [0, 0.1) is 0 Å². The second-order valence-electron chi connectivity index (χ2n) is 17.3. The molecule has 1 unspecified atom stereocenters. The Bertz CT molecular complexity index is 958. The van der Waals surface area contributed by atoms with Gasteiger partial charge in [-0.2, -0.15) is 0 Å². The molecule has 0 aromatic heterocycles. The molecule has 0 fully saturated rings. The summed E-state index contributed by atoms with van der Waals surface area (Å²) >= 11 is 0. The summed E-state index contributed by atoms with van der Waals surface area (Å²) in [5, 5.41) is 31.6. The van der Waals surface area contributed by atoms with Crippen LogP contribution < -0.4 is 74.6 Å². The van der Waals surface area contributed by atoms with Gasteiger partial charge in [-0.25, -0.2) is 0 Å². The molecule has 0 aliphatic heterocycles. The molecular formula is C53H99NNa2O7. The van der Waals surface area contributed by atoms with Gasteiger partial charge in [0.15, 0.2) is 0 Å². The molecule has 1 atom stereocenters. The van der Waals surface area contributed by atoms with Crippen LogP contribution in [0.15, 0.2) is 24.3 Å². The number of carboxylic acid groups (broad SMARTS) is 3. The summed E-state index contributed by atoms with van der Waals surface area (Å²) < 4.78 is 0. The molecular weight excluding hydrogens is 809 g/mol.